The fraction of sp³-hybridized carbons (Fsp3) is 0. The maximum Gasteiger partial charge on any atom is 0.138 e. The topological polar surface area (TPSA) is 28.7 Å². The molecule has 0 saturated carbocycles. The van der Waals surface area contributed by atoms with Gasteiger partial charge in [0.2, 0.25) is 0 Å². The summed E-state index contributed by atoms with van der Waals surface area (Å²) in [6, 6.07) is 16.9. The zero-order valence-electron chi connectivity index (χ0n) is 9.14. The lowest BCUT2D eigenvalue weighted by molar-refractivity contribution is 1.35. The molecule has 2 heteroatoms. The van der Waals surface area contributed by atoms with E-state index in [9.17, 15) is 0 Å². The number of nitrogens with zero attached hydrogens (tertiary/aromatic N) is 1. The van der Waals surface area contributed by atoms with Gasteiger partial charge in [0, 0.05) is 22.5 Å². The van der Waals surface area contributed by atoms with E-state index in [0.717, 1.165) is 11.2 Å². The summed E-state index contributed by atoms with van der Waals surface area (Å²) in [5.41, 5.74) is 2.11. The number of H-pyrrole nitrogens is 1. The molecule has 0 radical (unpaired) electrons. The molecule has 0 aliphatic rings. The second-order valence-electron chi connectivity index (χ2n) is 4.27. The third kappa shape index (κ3) is 1.18. The number of hydrogen-bond donors (Lipinski definition) is 1. The standard InChI is InChI=1S/C15H10N2/c1-2-5-11-9-14-13(8-10(11)4-1)12-6-3-7-16-15(12)17-14/h1-9H,(H,16,17). The maximum atomic E-state index is 4.35. The van der Waals surface area contributed by atoms with Crippen LogP contribution >= 0.6 is 0 Å². The number of rotatable bonds is 0. The average Bonchev–Trinajstić information content (AvgIpc) is 2.73. The normalized spacial score (nSPS) is 11.5. The van der Waals surface area contributed by atoms with Crippen LogP contribution in [0.5, 0.6) is 0 Å². The molecule has 0 aliphatic carbocycles. The van der Waals surface area contributed by atoms with E-state index < -0.39 is 0 Å². The molecule has 0 spiro atoms. The first kappa shape index (κ1) is 8.76. The van der Waals surface area contributed by atoms with Gasteiger partial charge in [-0.3, -0.25) is 0 Å². The fourth-order valence-corrected chi connectivity index (χ4v) is 2.42. The smallest absolute Gasteiger partial charge is 0.138 e. The second-order valence-corrected chi connectivity index (χ2v) is 4.27. The van der Waals surface area contributed by atoms with Crippen molar-refractivity contribution in [3.63, 3.8) is 0 Å². The summed E-state index contributed by atoms with van der Waals surface area (Å²) >= 11 is 0. The van der Waals surface area contributed by atoms with Crippen molar-refractivity contribution >= 4 is 32.7 Å². The molecule has 0 saturated heterocycles. The zero-order valence-corrected chi connectivity index (χ0v) is 9.14. The number of aromatic nitrogens is 2. The van der Waals surface area contributed by atoms with Crippen molar-refractivity contribution in [2.45, 2.75) is 0 Å². The van der Waals surface area contributed by atoms with Gasteiger partial charge in [-0.05, 0) is 35.0 Å². The van der Waals surface area contributed by atoms with E-state index in [2.05, 4.69) is 52.4 Å². The Labute approximate surface area is 97.9 Å². The van der Waals surface area contributed by atoms with Crippen LogP contribution in [0, 0.1) is 0 Å². The molecule has 0 amide bonds. The lowest BCUT2D eigenvalue weighted by Gasteiger charge is -1.97. The average molecular weight is 218 g/mol. The molecule has 17 heavy (non-hydrogen) atoms. The lowest BCUT2D eigenvalue weighted by atomic mass is 10.1. The molecule has 0 bridgehead atoms. The summed E-state index contributed by atoms with van der Waals surface area (Å²) in [5, 5.41) is 4.95. The number of fused-ring (bicyclic) bond motifs is 4. The van der Waals surface area contributed by atoms with Crippen molar-refractivity contribution in [1.29, 1.82) is 0 Å². The van der Waals surface area contributed by atoms with Crippen LogP contribution in [0.3, 0.4) is 0 Å². The van der Waals surface area contributed by atoms with Crippen molar-refractivity contribution in [3.05, 3.63) is 54.7 Å². The van der Waals surface area contributed by atoms with Crippen LogP contribution in [0.15, 0.2) is 54.7 Å². The molecule has 4 aromatic rings. The van der Waals surface area contributed by atoms with Crippen molar-refractivity contribution < 1.29 is 0 Å². The van der Waals surface area contributed by atoms with Gasteiger partial charge in [0.25, 0.3) is 0 Å². The molecule has 80 valence electrons. The van der Waals surface area contributed by atoms with Gasteiger partial charge in [-0.25, -0.2) is 4.98 Å². The molecule has 2 heterocycles. The second kappa shape index (κ2) is 3.08. The maximum absolute atomic E-state index is 4.35. The van der Waals surface area contributed by atoms with Gasteiger partial charge in [0.05, 0.1) is 0 Å². The van der Waals surface area contributed by atoms with Gasteiger partial charge in [-0.15, -0.1) is 0 Å². The summed E-state index contributed by atoms with van der Waals surface area (Å²) in [5.74, 6) is 0. The first-order valence-corrected chi connectivity index (χ1v) is 5.67. The van der Waals surface area contributed by atoms with E-state index in [4.69, 9.17) is 0 Å². The number of pyridine rings is 1. The minimum atomic E-state index is 0.956. The van der Waals surface area contributed by atoms with E-state index >= 15 is 0 Å². The molecular formula is C15H10N2. The summed E-state index contributed by atoms with van der Waals surface area (Å²) < 4.78 is 0. The van der Waals surface area contributed by atoms with E-state index in [1.807, 2.05) is 12.3 Å². The molecule has 2 nitrogen and oxygen atoms in total. The van der Waals surface area contributed by atoms with Crippen molar-refractivity contribution in [2.24, 2.45) is 0 Å². The summed E-state index contributed by atoms with van der Waals surface area (Å²) in [7, 11) is 0. The highest BCUT2D eigenvalue weighted by molar-refractivity contribution is 6.10. The van der Waals surface area contributed by atoms with Gasteiger partial charge < -0.3 is 4.98 Å². The quantitative estimate of drug-likeness (QED) is 0.477. The SMILES string of the molecule is c1ccc2cc3c(cc2c1)[nH]c1ncccc13. The Morgan fingerprint density at radius 3 is 2.53 bits per heavy atom. The number of nitrogens with one attached hydrogen (secondary N) is 1. The van der Waals surface area contributed by atoms with E-state index in [-0.39, 0.29) is 0 Å². The number of aromatic amines is 1. The van der Waals surface area contributed by atoms with Crippen LogP contribution in [0.2, 0.25) is 0 Å². The summed E-state index contributed by atoms with van der Waals surface area (Å²) in [6.45, 7) is 0. The minimum absolute atomic E-state index is 0.956. The number of hydrogen-bond acceptors (Lipinski definition) is 1. The molecule has 2 aromatic heterocycles. The monoisotopic (exact) mass is 218 g/mol. The van der Waals surface area contributed by atoms with Gasteiger partial charge in [-0.1, -0.05) is 24.3 Å². The van der Waals surface area contributed by atoms with Gasteiger partial charge in [0.15, 0.2) is 0 Å². The van der Waals surface area contributed by atoms with Gasteiger partial charge >= 0.3 is 0 Å². The number of benzene rings is 2. The molecule has 0 atom stereocenters. The lowest BCUT2D eigenvalue weighted by Crippen LogP contribution is -1.72. The van der Waals surface area contributed by atoms with Crippen molar-refractivity contribution in [3.8, 4) is 0 Å². The Bertz CT molecular complexity index is 837. The van der Waals surface area contributed by atoms with E-state index in [1.54, 1.807) is 0 Å². The largest absolute Gasteiger partial charge is 0.339 e. The fourth-order valence-electron chi connectivity index (χ4n) is 2.42. The molecular weight excluding hydrogens is 208 g/mol. The molecule has 0 aliphatic heterocycles. The van der Waals surface area contributed by atoms with Crippen LogP contribution in [0.25, 0.3) is 32.7 Å². The molecule has 0 unspecified atom stereocenters. The van der Waals surface area contributed by atoms with Crippen molar-refractivity contribution in [1.82, 2.24) is 9.97 Å². The van der Waals surface area contributed by atoms with Crippen LogP contribution in [-0.2, 0) is 0 Å². The van der Waals surface area contributed by atoms with Crippen molar-refractivity contribution in [2.75, 3.05) is 0 Å². The van der Waals surface area contributed by atoms with Crippen LogP contribution < -0.4 is 0 Å². The Morgan fingerprint density at radius 2 is 1.65 bits per heavy atom. The Kier molecular flexibility index (Phi) is 1.59. The summed E-state index contributed by atoms with van der Waals surface area (Å²) in [6.07, 6.45) is 1.82. The van der Waals surface area contributed by atoms with Crippen LogP contribution in [0.4, 0.5) is 0 Å². The van der Waals surface area contributed by atoms with E-state index in [1.165, 1.54) is 21.5 Å². The zero-order chi connectivity index (χ0) is 11.2. The molecule has 1 N–H and O–H groups in total. The predicted molar refractivity (Wildman–Crippen MR) is 71.1 cm³/mol. The molecule has 4 rings (SSSR count). The first-order chi connectivity index (χ1) is 8.42. The predicted octanol–water partition coefficient (Wildman–Crippen LogP) is 3.87. The van der Waals surface area contributed by atoms with Gasteiger partial charge in [-0.2, -0.15) is 0 Å². The highest BCUT2D eigenvalue weighted by atomic mass is 14.8. The Morgan fingerprint density at radius 1 is 0.824 bits per heavy atom. The summed E-state index contributed by atoms with van der Waals surface area (Å²) in [4.78, 5) is 7.71. The van der Waals surface area contributed by atoms with Crippen LogP contribution in [0.1, 0.15) is 0 Å². The highest BCUT2D eigenvalue weighted by Gasteiger charge is 2.05. The molecule has 2 aromatic carbocycles. The van der Waals surface area contributed by atoms with Crippen LogP contribution in [-0.4, -0.2) is 9.97 Å². The molecule has 0 fully saturated rings. The first-order valence-electron chi connectivity index (χ1n) is 5.67. The van der Waals surface area contributed by atoms with E-state index in [0.29, 0.717) is 0 Å². The van der Waals surface area contributed by atoms with Gasteiger partial charge in [0.1, 0.15) is 5.65 Å². The minimum Gasteiger partial charge on any atom is -0.339 e. The Hall–Kier alpha value is -2.35. The highest BCUT2D eigenvalue weighted by Crippen LogP contribution is 2.28. The third-order valence-electron chi connectivity index (χ3n) is 3.24. The third-order valence-corrected chi connectivity index (χ3v) is 3.24. The Balaban J connectivity index is 2.28.